The van der Waals surface area contributed by atoms with Crippen molar-refractivity contribution in [3.8, 4) is 0 Å². The summed E-state index contributed by atoms with van der Waals surface area (Å²) >= 11 is 0. The highest BCUT2D eigenvalue weighted by Gasteiger charge is 2.06. The molecule has 0 fully saturated rings. The molecular weight excluding hydrogens is 258 g/mol. The summed E-state index contributed by atoms with van der Waals surface area (Å²) < 4.78 is 0. The number of carboxylic acids is 1. The van der Waals surface area contributed by atoms with Crippen molar-refractivity contribution in [2.75, 3.05) is 27.2 Å². The number of aliphatic carboxylic acids is 1. The van der Waals surface area contributed by atoms with E-state index in [4.69, 9.17) is 5.11 Å². The van der Waals surface area contributed by atoms with Crippen LogP contribution in [0, 0.1) is 0 Å². The number of carbonyl (C=O) groups is 2. The summed E-state index contributed by atoms with van der Waals surface area (Å²) in [6.45, 7) is 3.58. The summed E-state index contributed by atoms with van der Waals surface area (Å²) in [6, 6.07) is 0.0368. The fourth-order valence-electron chi connectivity index (χ4n) is 1.76. The largest absolute Gasteiger partial charge is 0.481 e. The lowest BCUT2D eigenvalue weighted by Gasteiger charge is -2.17. The average molecular weight is 287 g/mol. The summed E-state index contributed by atoms with van der Waals surface area (Å²) in [5, 5.41) is 14.2. The van der Waals surface area contributed by atoms with E-state index in [1.807, 2.05) is 21.0 Å². The average Bonchev–Trinajstić information content (AvgIpc) is 2.34. The number of unbranched alkanes of at least 4 members (excludes halogenated alkanes) is 3. The summed E-state index contributed by atoms with van der Waals surface area (Å²) in [6.07, 6.45) is 4.60. The van der Waals surface area contributed by atoms with E-state index in [0.29, 0.717) is 13.0 Å². The maximum Gasteiger partial charge on any atom is 0.314 e. The molecular formula is C14H29N3O3. The molecule has 0 aliphatic heterocycles. The first-order valence-electron chi connectivity index (χ1n) is 7.32. The molecule has 0 radical (unpaired) electrons. The molecule has 0 spiro atoms. The minimum Gasteiger partial charge on any atom is -0.481 e. The van der Waals surface area contributed by atoms with Gasteiger partial charge in [-0.15, -0.1) is 0 Å². The topological polar surface area (TPSA) is 81.7 Å². The van der Waals surface area contributed by atoms with Crippen LogP contribution in [0.2, 0.25) is 0 Å². The normalized spacial score (nSPS) is 12.2. The van der Waals surface area contributed by atoms with E-state index < -0.39 is 5.97 Å². The predicted octanol–water partition coefficient (Wildman–Crippen LogP) is 1.66. The Bertz CT molecular complexity index is 283. The molecule has 118 valence electrons. The smallest absolute Gasteiger partial charge is 0.314 e. The molecule has 0 aliphatic carbocycles. The Morgan fingerprint density at radius 1 is 1.15 bits per heavy atom. The van der Waals surface area contributed by atoms with Crippen molar-refractivity contribution in [2.45, 2.75) is 51.5 Å². The number of carboxylic acid groups (broad SMARTS) is 1. The third kappa shape index (κ3) is 13.1. The molecule has 6 nitrogen and oxygen atoms in total. The standard InChI is InChI=1S/C14H29N3O3/c1-12(9-11-17(2)3)16-14(20)15-10-7-5-4-6-8-13(18)19/h12H,4-11H2,1-3H3,(H,18,19)(H2,15,16,20). The van der Waals surface area contributed by atoms with Crippen molar-refractivity contribution in [1.29, 1.82) is 0 Å². The number of hydrogen-bond donors (Lipinski definition) is 3. The zero-order chi connectivity index (χ0) is 15.4. The molecule has 0 aromatic heterocycles. The van der Waals surface area contributed by atoms with Crippen LogP contribution in [-0.2, 0) is 4.79 Å². The summed E-state index contributed by atoms with van der Waals surface area (Å²) in [5.74, 6) is -0.741. The first-order chi connectivity index (χ1) is 9.41. The van der Waals surface area contributed by atoms with Crippen molar-refractivity contribution in [1.82, 2.24) is 15.5 Å². The maximum absolute atomic E-state index is 11.6. The fourth-order valence-corrected chi connectivity index (χ4v) is 1.76. The first kappa shape index (κ1) is 18.7. The Morgan fingerprint density at radius 3 is 2.40 bits per heavy atom. The van der Waals surface area contributed by atoms with Crippen molar-refractivity contribution in [2.24, 2.45) is 0 Å². The van der Waals surface area contributed by atoms with Gasteiger partial charge >= 0.3 is 12.0 Å². The van der Waals surface area contributed by atoms with Gasteiger partial charge in [0.25, 0.3) is 0 Å². The predicted molar refractivity (Wildman–Crippen MR) is 79.9 cm³/mol. The molecule has 0 aliphatic rings. The third-order valence-corrected chi connectivity index (χ3v) is 2.99. The van der Waals surface area contributed by atoms with Gasteiger partial charge in [-0.3, -0.25) is 4.79 Å². The van der Waals surface area contributed by atoms with Gasteiger partial charge in [-0.2, -0.15) is 0 Å². The lowest BCUT2D eigenvalue weighted by atomic mass is 10.1. The van der Waals surface area contributed by atoms with Gasteiger partial charge in [0, 0.05) is 19.0 Å². The molecule has 0 saturated carbocycles. The van der Waals surface area contributed by atoms with Gasteiger partial charge in [0.1, 0.15) is 0 Å². The van der Waals surface area contributed by atoms with Gasteiger partial charge in [-0.1, -0.05) is 12.8 Å². The maximum atomic E-state index is 11.6. The van der Waals surface area contributed by atoms with Crippen molar-refractivity contribution >= 4 is 12.0 Å². The monoisotopic (exact) mass is 287 g/mol. The highest BCUT2D eigenvalue weighted by molar-refractivity contribution is 5.74. The summed E-state index contributed by atoms with van der Waals surface area (Å²) in [5.41, 5.74) is 0. The van der Waals surface area contributed by atoms with Crippen LogP contribution < -0.4 is 10.6 Å². The molecule has 3 N–H and O–H groups in total. The number of rotatable bonds is 11. The van der Waals surface area contributed by atoms with Crippen LogP contribution in [0.15, 0.2) is 0 Å². The first-order valence-corrected chi connectivity index (χ1v) is 7.32. The van der Waals surface area contributed by atoms with Gasteiger partial charge in [-0.25, -0.2) is 4.79 Å². The number of hydrogen-bond acceptors (Lipinski definition) is 3. The van der Waals surface area contributed by atoms with Gasteiger partial charge in [0.2, 0.25) is 0 Å². The van der Waals surface area contributed by atoms with Crippen LogP contribution in [0.5, 0.6) is 0 Å². The number of nitrogens with zero attached hydrogens (tertiary/aromatic N) is 1. The van der Waals surface area contributed by atoms with Gasteiger partial charge in [-0.05, 0) is 46.8 Å². The summed E-state index contributed by atoms with van der Waals surface area (Å²) in [4.78, 5) is 24.0. The Kier molecular flexibility index (Phi) is 10.8. The zero-order valence-corrected chi connectivity index (χ0v) is 12.9. The molecule has 0 aromatic carbocycles. The second-order valence-electron chi connectivity index (χ2n) is 5.45. The van der Waals surface area contributed by atoms with Crippen LogP contribution in [0.1, 0.15) is 45.4 Å². The Labute approximate surface area is 121 Å². The van der Waals surface area contributed by atoms with E-state index in [-0.39, 0.29) is 18.5 Å². The Morgan fingerprint density at radius 2 is 1.80 bits per heavy atom. The van der Waals surface area contributed by atoms with Crippen LogP contribution in [0.25, 0.3) is 0 Å². The second kappa shape index (κ2) is 11.5. The van der Waals surface area contributed by atoms with Gasteiger partial charge in [0.15, 0.2) is 0 Å². The molecule has 2 amide bonds. The Balaban J connectivity index is 3.42. The molecule has 0 bridgehead atoms. The number of nitrogens with one attached hydrogen (secondary N) is 2. The highest BCUT2D eigenvalue weighted by atomic mass is 16.4. The molecule has 0 rings (SSSR count). The van der Waals surface area contributed by atoms with E-state index in [2.05, 4.69) is 15.5 Å². The lowest BCUT2D eigenvalue weighted by molar-refractivity contribution is -0.137. The van der Waals surface area contributed by atoms with E-state index in [9.17, 15) is 9.59 Å². The molecule has 20 heavy (non-hydrogen) atoms. The number of carbonyl (C=O) groups excluding carboxylic acids is 1. The highest BCUT2D eigenvalue weighted by Crippen LogP contribution is 2.02. The van der Waals surface area contributed by atoms with Crippen LogP contribution in [0.4, 0.5) is 4.79 Å². The fraction of sp³-hybridized carbons (Fsp3) is 0.857. The molecule has 0 heterocycles. The molecule has 0 aromatic rings. The zero-order valence-electron chi connectivity index (χ0n) is 12.9. The second-order valence-corrected chi connectivity index (χ2v) is 5.45. The third-order valence-electron chi connectivity index (χ3n) is 2.99. The van der Waals surface area contributed by atoms with Crippen molar-refractivity contribution < 1.29 is 14.7 Å². The van der Waals surface area contributed by atoms with Crippen LogP contribution >= 0.6 is 0 Å². The quantitative estimate of drug-likeness (QED) is 0.505. The molecule has 6 heteroatoms. The molecule has 1 unspecified atom stereocenters. The van der Waals surface area contributed by atoms with Crippen molar-refractivity contribution in [3.63, 3.8) is 0 Å². The van der Waals surface area contributed by atoms with E-state index >= 15 is 0 Å². The molecule has 1 atom stereocenters. The summed E-state index contributed by atoms with van der Waals surface area (Å²) in [7, 11) is 4.02. The number of amides is 2. The minimum atomic E-state index is -0.741. The minimum absolute atomic E-state index is 0.123. The number of urea groups is 1. The van der Waals surface area contributed by atoms with E-state index in [0.717, 1.165) is 32.2 Å². The van der Waals surface area contributed by atoms with Crippen LogP contribution in [0.3, 0.4) is 0 Å². The van der Waals surface area contributed by atoms with Gasteiger partial charge in [0.05, 0.1) is 0 Å². The van der Waals surface area contributed by atoms with Gasteiger partial charge < -0.3 is 20.6 Å². The van der Waals surface area contributed by atoms with Crippen LogP contribution in [-0.4, -0.2) is 55.2 Å². The lowest BCUT2D eigenvalue weighted by Crippen LogP contribution is -2.42. The SMILES string of the molecule is CC(CCN(C)C)NC(=O)NCCCCCCC(=O)O. The van der Waals surface area contributed by atoms with E-state index in [1.54, 1.807) is 0 Å². The Hall–Kier alpha value is -1.30. The molecule has 0 saturated heterocycles. The van der Waals surface area contributed by atoms with E-state index in [1.165, 1.54) is 0 Å². The van der Waals surface area contributed by atoms with Crippen molar-refractivity contribution in [3.05, 3.63) is 0 Å².